The fourth-order valence-corrected chi connectivity index (χ4v) is 15.0. The molecule has 1 unspecified atom stereocenters. The minimum atomic E-state index is -1.81. The maximum Gasteiger partial charge on any atom is 0.569 e. The Kier molecular flexibility index (Phi) is 24.9. The second-order valence-corrected chi connectivity index (χ2v) is 35.2. The topological polar surface area (TPSA) is 259 Å². The Morgan fingerprint density at radius 1 is 0.594 bits per heavy atom. The maximum atomic E-state index is 12.0. The van der Waals surface area contributed by atoms with E-state index in [4.69, 9.17) is 45.3 Å². The SMILES string of the molecule is CCOC(C)C(=O)Cc1ccc(O[Si](C)(C)C(C)(C)C)cc1.Cc1ccc(-c2cnc(N)c(-c3cc4ccccc4s3)n2)cc1.Cc1ccc(-c2cnc(N)c(Br)n2)cc1.O[B]Oc1cc2ccccc2s1.Oc1ccc(Cc2nc3c(-c4cc5ccccc5s4)nc(-c4ccc(O)cc4)cn3c2O)cc1. The molecule has 7 heterocycles. The lowest BCUT2D eigenvalue weighted by Crippen LogP contribution is -2.43. The summed E-state index contributed by atoms with van der Waals surface area (Å²) in [7, 11) is -1.11. The molecule has 0 saturated heterocycles. The average Bonchev–Trinajstić information content (AvgIpc) is 1.60. The van der Waals surface area contributed by atoms with Crippen LogP contribution in [0.4, 0.5) is 11.6 Å². The fourth-order valence-electron chi connectivity index (χ4n) is 10.7. The smallest absolute Gasteiger partial charge is 0.544 e. The molecule has 23 heteroatoms. The summed E-state index contributed by atoms with van der Waals surface area (Å²) in [5.41, 5.74) is 23.8. The van der Waals surface area contributed by atoms with Crippen LogP contribution in [0.1, 0.15) is 62.6 Å². The van der Waals surface area contributed by atoms with Crippen LogP contribution < -0.4 is 20.5 Å². The van der Waals surface area contributed by atoms with Crippen LogP contribution in [0.25, 0.3) is 90.8 Å². The van der Waals surface area contributed by atoms with Crippen molar-refractivity contribution in [1.82, 2.24) is 34.3 Å². The van der Waals surface area contributed by atoms with Gasteiger partial charge in [0.2, 0.25) is 14.2 Å². The van der Waals surface area contributed by atoms with Gasteiger partial charge in [0.05, 0.1) is 39.2 Å². The van der Waals surface area contributed by atoms with Gasteiger partial charge in [0.15, 0.2) is 28.1 Å². The van der Waals surface area contributed by atoms with Crippen molar-refractivity contribution in [3.8, 4) is 83.1 Å². The van der Waals surface area contributed by atoms with Gasteiger partial charge in [-0.2, -0.15) is 0 Å². The van der Waals surface area contributed by atoms with Crippen LogP contribution in [-0.2, 0) is 22.4 Å². The second kappa shape index (κ2) is 34.5. The van der Waals surface area contributed by atoms with Gasteiger partial charge in [-0.3, -0.25) is 9.20 Å². The van der Waals surface area contributed by atoms with Crippen molar-refractivity contribution in [2.45, 2.75) is 85.5 Å². The van der Waals surface area contributed by atoms with Gasteiger partial charge in [-0.25, -0.2) is 29.9 Å². The zero-order valence-corrected chi connectivity index (χ0v) is 65.1. The number of carbonyl (C=O) groups excluding carboxylic acids is 1. The van der Waals surface area contributed by atoms with E-state index in [1.54, 1.807) is 89.0 Å². The van der Waals surface area contributed by atoms with Gasteiger partial charge in [-0.1, -0.05) is 159 Å². The monoisotopic (exact) mass is 1540 g/mol. The molecule has 15 aromatic rings. The number of phenols is 2. The minimum Gasteiger partial charge on any atom is -0.544 e. The summed E-state index contributed by atoms with van der Waals surface area (Å²) in [5.74, 6) is 2.29. The molecule has 7 aromatic heterocycles. The van der Waals surface area contributed by atoms with Gasteiger partial charge in [-0.15, -0.1) is 34.0 Å². The molecule has 106 heavy (non-hydrogen) atoms. The number of carbonyl (C=O) groups is 1. The number of hydrogen-bond acceptors (Lipinski definition) is 19. The average molecular weight is 1550 g/mol. The van der Waals surface area contributed by atoms with Gasteiger partial charge >= 0.3 is 7.69 Å². The lowest BCUT2D eigenvalue weighted by atomic mass is 10.1. The Hall–Kier alpha value is -10.6. The first-order valence-corrected chi connectivity index (χ1v) is 40.3. The Bertz CT molecular complexity index is 5380. The van der Waals surface area contributed by atoms with E-state index in [2.05, 4.69) is 132 Å². The molecule has 1 atom stereocenters. The molecule has 0 aliphatic rings. The Morgan fingerprint density at radius 3 is 1.58 bits per heavy atom. The van der Waals surface area contributed by atoms with Crippen molar-refractivity contribution < 1.29 is 39.0 Å². The summed E-state index contributed by atoms with van der Waals surface area (Å²) < 4.78 is 22.2. The molecule has 0 saturated carbocycles. The van der Waals surface area contributed by atoms with Crippen molar-refractivity contribution in [2.24, 2.45) is 0 Å². The standard InChI is InChI=1S/C27H19N3O3S.C19H15N3S.C18H30O3Si.C11H10BrN3.C8H6BO2S/c31-19-9-5-16(6-10-19)13-21-27(33)30-15-22(17-7-11-20(32)12-8-17)28-25(26(30)29-21)24-14-18-3-1-2-4-23(18)34-24;1-12-6-8-13(9-7-12)15-11-21-19(20)18(22-15)17-10-14-4-2-3-5-16(14)23-17;1-8-20-14(2)17(19)13-15-9-11-16(12-10-15)21-22(6,7)18(3,4)5;1-7-2-4-8(5-3-7)9-6-14-11(13)10(12)15-9;10-9-11-8-5-6-3-1-2-4-7(6)12-8/h1-12,14-15,31-33H,13H2;2-11H,1H3,(H2,20,21);9-12,14H,8,13H2,1-7H3;2-6H,1H3,(H2,13,14);1-5,10H. The molecule has 0 amide bonds. The van der Waals surface area contributed by atoms with Crippen LogP contribution in [0.3, 0.4) is 0 Å². The highest BCUT2D eigenvalue weighted by Crippen LogP contribution is 2.41. The quantitative estimate of drug-likeness (QED) is 0.0491. The molecular formula is C83H80BBrN9O8S3Si. The molecule has 0 aliphatic heterocycles. The highest BCUT2D eigenvalue weighted by molar-refractivity contribution is 9.10. The predicted octanol–water partition coefficient (Wildman–Crippen LogP) is 20.1. The van der Waals surface area contributed by atoms with Crippen LogP contribution in [0.15, 0.2) is 236 Å². The zero-order valence-electron chi connectivity index (χ0n) is 60.0. The molecule has 0 fully saturated rings. The van der Waals surface area contributed by atoms with Crippen LogP contribution >= 0.6 is 49.9 Å². The minimum absolute atomic E-state index is 0.0489. The number of nitrogen functional groups attached to an aromatic ring is 2. The first kappa shape index (κ1) is 76.5. The summed E-state index contributed by atoms with van der Waals surface area (Å²) in [6, 6.07) is 68.5. The molecular weight excluding hydrogens is 1470 g/mol. The van der Waals surface area contributed by atoms with E-state index in [0.29, 0.717) is 71.2 Å². The summed E-state index contributed by atoms with van der Waals surface area (Å²) in [5, 5.41) is 43.2. The van der Waals surface area contributed by atoms with Crippen molar-refractivity contribution in [3.63, 3.8) is 0 Å². The number of aryl methyl sites for hydroxylation is 2. The van der Waals surface area contributed by atoms with Crippen LogP contribution in [0.2, 0.25) is 18.1 Å². The molecule has 0 spiro atoms. The van der Waals surface area contributed by atoms with Gasteiger partial charge in [-0.05, 0) is 174 Å². The third-order valence-corrected chi connectivity index (χ3v) is 25.8. The highest BCUT2D eigenvalue weighted by Gasteiger charge is 2.39. The second-order valence-electron chi connectivity index (χ2n) is 26.5. The van der Waals surface area contributed by atoms with Gasteiger partial charge in [0, 0.05) is 56.4 Å². The number of aromatic nitrogens is 7. The summed E-state index contributed by atoms with van der Waals surface area (Å²) in [6.07, 6.45) is 5.64. The summed E-state index contributed by atoms with van der Waals surface area (Å²) in [6.45, 7) is 19.5. The molecule has 1 radical (unpaired) electrons. The van der Waals surface area contributed by atoms with E-state index in [0.717, 1.165) is 80.6 Å². The summed E-state index contributed by atoms with van der Waals surface area (Å²) in [4.78, 5) is 41.2. The van der Waals surface area contributed by atoms with E-state index >= 15 is 0 Å². The molecule has 15 rings (SSSR count). The predicted molar refractivity (Wildman–Crippen MR) is 440 cm³/mol. The van der Waals surface area contributed by atoms with Crippen molar-refractivity contribution in [2.75, 3.05) is 18.1 Å². The Morgan fingerprint density at radius 2 is 1.07 bits per heavy atom. The normalized spacial score (nSPS) is 11.5. The number of nitrogens with zero attached hydrogens (tertiary/aromatic N) is 7. The van der Waals surface area contributed by atoms with Crippen molar-refractivity contribution >= 4 is 119 Å². The van der Waals surface area contributed by atoms with Crippen molar-refractivity contribution in [1.29, 1.82) is 0 Å². The number of hydrogen-bond donors (Lipinski definition) is 6. The molecule has 0 aliphatic carbocycles. The highest BCUT2D eigenvalue weighted by atomic mass is 79.9. The fraction of sp³-hybridized carbons (Fsp3) is 0.169. The Balaban J connectivity index is 0.000000138. The number of rotatable bonds is 16. The number of ketones is 1. The third kappa shape index (κ3) is 19.5. The van der Waals surface area contributed by atoms with Gasteiger partial charge in [0.1, 0.15) is 45.0 Å². The van der Waals surface area contributed by atoms with Gasteiger partial charge in [0.25, 0.3) is 0 Å². The van der Waals surface area contributed by atoms with Crippen LogP contribution in [-0.4, -0.2) is 89.1 Å². The number of thiophene rings is 3. The zero-order chi connectivity index (χ0) is 75.2. The number of ether oxygens (including phenoxy) is 1. The first-order chi connectivity index (χ1) is 50.9. The van der Waals surface area contributed by atoms with E-state index in [9.17, 15) is 20.1 Å². The van der Waals surface area contributed by atoms with Crippen molar-refractivity contribution in [3.05, 3.63) is 263 Å². The number of aromatic hydroxyl groups is 3. The number of fused-ring (bicyclic) bond motifs is 4. The first-order valence-electron chi connectivity index (χ1n) is 34.1. The number of benzene rings is 8. The molecule has 8 N–H and O–H groups in total. The van der Waals surface area contributed by atoms with Gasteiger partial charge < -0.3 is 45.6 Å². The summed E-state index contributed by atoms with van der Waals surface area (Å²) >= 11 is 8.08. The van der Waals surface area contributed by atoms with Crippen LogP contribution in [0, 0.1) is 13.8 Å². The van der Waals surface area contributed by atoms with E-state index in [-0.39, 0.29) is 34.3 Å². The number of anilines is 2. The molecule has 0 bridgehead atoms. The number of imidazole rings is 1. The number of phenolic OH excluding ortho intramolecular Hbond substituents is 2. The van der Waals surface area contributed by atoms with E-state index < -0.39 is 8.32 Å². The number of nitrogens with two attached hydrogens (primary N) is 2. The Labute approximate surface area is 638 Å². The van der Waals surface area contributed by atoms with Crippen LogP contribution in [0.5, 0.6) is 28.2 Å². The number of Topliss-reactive ketones (excluding diaryl/α,β-unsaturated/α-hetero) is 1. The third-order valence-electron chi connectivity index (χ3n) is 17.6. The van der Waals surface area contributed by atoms with E-state index in [1.165, 1.54) is 32.5 Å². The number of halogens is 1. The largest absolute Gasteiger partial charge is 0.569 e. The molecule has 8 aromatic carbocycles. The molecule has 17 nitrogen and oxygen atoms in total. The molecule has 537 valence electrons. The lowest BCUT2D eigenvalue weighted by molar-refractivity contribution is -0.128. The maximum absolute atomic E-state index is 12.0. The van der Waals surface area contributed by atoms with E-state index in [1.807, 2.05) is 129 Å². The lowest BCUT2D eigenvalue weighted by Gasteiger charge is -2.36.